The lowest BCUT2D eigenvalue weighted by Crippen LogP contribution is -2.21. The molecule has 0 amide bonds. The van der Waals surface area contributed by atoms with Crippen LogP contribution in [0.2, 0.25) is 0 Å². The topological polar surface area (TPSA) is 64.5 Å². The third-order valence-electron chi connectivity index (χ3n) is 2.72. The van der Waals surface area contributed by atoms with E-state index in [1.807, 2.05) is 30.3 Å². The summed E-state index contributed by atoms with van der Waals surface area (Å²) in [5.74, 6) is 0.260. The highest BCUT2D eigenvalue weighted by molar-refractivity contribution is 6.17. The van der Waals surface area contributed by atoms with E-state index >= 15 is 0 Å². The Bertz CT molecular complexity index is 547. The minimum absolute atomic E-state index is 0.00733. The second-order valence-corrected chi connectivity index (χ2v) is 4.35. The highest BCUT2D eigenvalue weighted by Gasteiger charge is 2.09. The van der Waals surface area contributed by atoms with Crippen molar-refractivity contribution in [1.29, 1.82) is 0 Å². The average Bonchev–Trinajstić information content (AvgIpc) is 2.42. The summed E-state index contributed by atoms with van der Waals surface area (Å²) in [5.41, 5.74) is 8.31. The van der Waals surface area contributed by atoms with Crippen LogP contribution in [0.25, 0.3) is 0 Å². The van der Waals surface area contributed by atoms with Crippen LogP contribution in [0.5, 0.6) is 11.5 Å². The summed E-state index contributed by atoms with van der Waals surface area (Å²) < 4.78 is 0. The number of para-hydroxylation sites is 1. The van der Waals surface area contributed by atoms with E-state index < -0.39 is 0 Å². The lowest BCUT2D eigenvalue weighted by atomic mass is 10.1. The summed E-state index contributed by atoms with van der Waals surface area (Å²) in [6.07, 6.45) is 0. The summed E-state index contributed by atoms with van der Waals surface area (Å²) >= 11 is 5.80. The van der Waals surface area contributed by atoms with Gasteiger partial charge in [0.05, 0.1) is 0 Å². The van der Waals surface area contributed by atoms with Crippen molar-refractivity contribution in [2.75, 3.05) is 5.43 Å². The second kappa shape index (κ2) is 6.31. The van der Waals surface area contributed by atoms with Crippen LogP contribution in [0.4, 0.5) is 5.69 Å². The standard InChI is InChI=1S/C14H15ClN2O2/c15-8-10-6-12(18)7-14(19)13(10)9-16-17-11-4-2-1-3-5-11/h1-7,16-19H,8-9H2. The van der Waals surface area contributed by atoms with E-state index in [-0.39, 0.29) is 17.4 Å². The van der Waals surface area contributed by atoms with Crippen molar-refractivity contribution >= 4 is 17.3 Å². The van der Waals surface area contributed by atoms with E-state index in [0.29, 0.717) is 17.7 Å². The van der Waals surface area contributed by atoms with Gasteiger partial charge in [-0.25, -0.2) is 5.43 Å². The number of nitrogens with one attached hydrogen (secondary N) is 2. The number of rotatable bonds is 5. The number of halogens is 1. The zero-order valence-electron chi connectivity index (χ0n) is 10.2. The van der Waals surface area contributed by atoms with Gasteiger partial charge >= 0.3 is 0 Å². The summed E-state index contributed by atoms with van der Waals surface area (Å²) in [5, 5.41) is 19.2. The molecule has 0 unspecified atom stereocenters. The molecule has 2 aromatic carbocycles. The summed E-state index contributed by atoms with van der Waals surface area (Å²) in [4.78, 5) is 0. The largest absolute Gasteiger partial charge is 0.508 e. The zero-order chi connectivity index (χ0) is 13.7. The van der Waals surface area contributed by atoms with Crippen molar-refractivity contribution in [2.24, 2.45) is 0 Å². The molecule has 0 bridgehead atoms. The lowest BCUT2D eigenvalue weighted by molar-refractivity contribution is 0.443. The number of alkyl halides is 1. The Hall–Kier alpha value is -1.91. The van der Waals surface area contributed by atoms with Crippen molar-refractivity contribution < 1.29 is 10.2 Å². The molecule has 0 spiro atoms. The molecular formula is C14H15ClN2O2. The fraction of sp³-hybridized carbons (Fsp3) is 0.143. The Balaban J connectivity index is 2.03. The average molecular weight is 279 g/mol. The molecule has 0 aliphatic carbocycles. The first-order valence-corrected chi connectivity index (χ1v) is 6.38. The molecule has 0 saturated carbocycles. The molecule has 19 heavy (non-hydrogen) atoms. The maximum absolute atomic E-state index is 9.81. The minimum atomic E-state index is 0.00733. The molecule has 0 heterocycles. The van der Waals surface area contributed by atoms with Crippen LogP contribution in [0.3, 0.4) is 0 Å². The zero-order valence-corrected chi connectivity index (χ0v) is 11.0. The molecular weight excluding hydrogens is 264 g/mol. The number of phenolic OH excluding ortho intramolecular Hbond substituents is 2. The van der Waals surface area contributed by atoms with Gasteiger partial charge in [0.15, 0.2) is 0 Å². The summed E-state index contributed by atoms with van der Waals surface area (Å²) in [7, 11) is 0. The Morgan fingerprint density at radius 2 is 1.79 bits per heavy atom. The molecule has 100 valence electrons. The van der Waals surface area contributed by atoms with Crippen LogP contribution in [0.15, 0.2) is 42.5 Å². The first-order chi connectivity index (χ1) is 9.20. The monoisotopic (exact) mass is 278 g/mol. The molecule has 0 aromatic heterocycles. The van der Waals surface area contributed by atoms with Crippen LogP contribution in [-0.2, 0) is 12.4 Å². The first-order valence-electron chi connectivity index (χ1n) is 5.84. The van der Waals surface area contributed by atoms with Crippen LogP contribution < -0.4 is 10.9 Å². The van der Waals surface area contributed by atoms with Gasteiger partial charge in [-0.1, -0.05) is 18.2 Å². The van der Waals surface area contributed by atoms with Gasteiger partial charge in [0.25, 0.3) is 0 Å². The SMILES string of the molecule is Oc1cc(O)c(CNNc2ccccc2)c(CCl)c1. The quantitative estimate of drug-likeness (QED) is 0.502. The smallest absolute Gasteiger partial charge is 0.124 e. The molecule has 0 aliphatic rings. The molecule has 2 rings (SSSR count). The molecule has 5 heteroatoms. The number of hydrogen-bond acceptors (Lipinski definition) is 4. The number of hydrazine groups is 1. The number of aromatic hydroxyl groups is 2. The van der Waals surface area contributed by atoms with Gasteiger partial charge in [-0.15, -0.1) is 11.6 Å². The fourth-order valence-corrected chi connectivity index (χ4v) is 2.02. The van der Waals surface area contributed by atoms with E-state index in [1.165, 1.54) is 6.07 Å². The molecule has 0 saturated heterocycles. The third kappa shape index (κ3) is 3.53. The maximum atomic E-state index is 9.81. The number of phenols is 2. The Morgan fingerprint density at radius 3 is 2.47 bits per heavy atom. The van der Waals surface area contributed by atoms with Crippen molar-refractivity contribution in [2.45, 2.75) is 12.4 Å². The maximum Gasteiger partial charge on any atom is 0.124 e. The highest BCUT2D eigenvalue weighted by atomic mass is 35.5. The van der Waals surface area contributed by atoms with Crippen molar-refractivity contribution in [3.05, 3.63) is 53.6 Å². The third-order valence-corrected chi connectivity index (χ3v) is 3.01. The van der Waals surface area contributed by atoms with Crippen molar-refractivity contribution in [3.63, 3.8) is 0 Å². The van der Waals surface area contributed by atoms with Crippen molar-refractivity contribution in [3.8, 4) is 11.5 Å². The molecule has 0 radical (unpaired) electrons. The Kier molecular flexibility index (Phi) is 4.49. The lowest BCUT2D eigenvalue weighted by Gasteiger charge is -2.13. The Morgan fingerprint density at radius 1 is 1.05 bits per heavy atom. The summed E-state index contributed by atoms with van der Waals surface area (Å²) in [6.45, 7) is 0.392. The number of hydrogen-bond donors (Lipinski definition) is 4. The fourth-order valence-electron chi connectivity index (χ4n) is 1.78. The van der Waals surface area contributed by atoms with Gasteiger partial charge < -0.3 is 15.6 Å². The molecule has 0 aliphatic heterocycles. The molecule has 0 atom stereocenters. The number of benzene rings is 2. The Labute approximate surface area is 116 Å². The second-order valence-electron chi connectivity index (χ2n) is 4.08. The van der Waals surface area contributed by atoms with Gasteiger partial charge in [-0.3, -0.25) is 0 Å². The van der Waals surface area contributed by atoms with Crippen LogP contribution in [0, 0.1) is 0 Å². The minimum Gasteiger partial charge on any atom is -0.508 e. The van der Waals surface area contributed by atoms with E-state index in [1.54, 1.807) is 6.07 Å². The normalized spacial score (nSPS) is 10.4. The van der Waals surface area contributed by atoms with Crippen LogP contribution in [-0.4, -0.2) is 10.2 Å². The van der Waals surface area contributed by atoms with Gasteiger partial charge in [0, 0.05) is 29.7 Å². The first kappa shape index (κ1) is 13.5. The number of anilines is 1. The molecule has 4 nitrogen and oxygen atoms in total. The van der Waals surface area contributed by atoms with Crippen LogP contribution in [0.1, 0.15) is 11.1 Å². The van der Waals surface area contributed by atoms with Crippen LogP contribution >= 0.6 is 11.6 Å². The van der Waals surface area contributed by atoms with E-state index in [0.717, 1.165) is 5.69 Å². The van der Waals surface area contributed by atoms with E-state index in [2.05, 4.69) is 10.9 Å². The van der Waals surface area contributed by atoms with E-state index in [9.17, 15) is 10.2 Å². The van der Waals surface area contributed by atoms with Gasteiger partial charge in [0.2, 0.25) is 0 Å². The van der Waals surface area contributed by atoms with Gasteiger partial charge in [-0.05, 0) is 23.8 Å². The molecule has 4 N–H and O–H groups in total. The summed E-state index contributed by atoms with van der Waals surface area (Å²) in [6, 6.07) is 12.5. The highest BCUT2D eigenvalue weighted by Crippen LogP contribution is 2.28. The molecule has 2 aromatic rings. The van der Waals surface area contributed by atoms with E-state index in [4.69, 9.17) is 11.6 Å². The van der Waals surface area contributed by atoms with Gasteiger partial charge in [0.1, 0.15) is 11.5 Å². The molecule has 0 fully saturated rings. The van der Waals surface area contributed by atoms with Gasteiger partial charge in [-0.2, -0.15) is 0 Å². The predicted octanol–water partition coefficient (Wildman–Crippen LogP) is 2.95. The van der Waals surface area contributed by atoms with Crippen molar-refractivity contribution in [1.82, 2.24) is 5.43 Å². The predicted molar refractivity (Wildman–Crippen MR) is 76.2 cm³/mol.